The molecule has 7 nitrogen and oxygen atoms in total. The van der Waals surface area contributed by atoms with Crippen LogP contribution in [0.4, 0.5) is 20.0 Å². The van der Waals surface area contributed by atoms with Crippen molar-refractivity contribution in [3.63, 3.8) is 0 Å². The number of anilines is 2. The molecule has 0 radical (unpaired) electrons. The van der Waals surface area contributed by atoms with E-state index >= 15 is 0 Å². The molecule has 1 aromatic carbocycles. The highest BCUT2D eigenvalue weighted by atomic mass is 32.1. The first-order valence-corrected chi connectivity index (χ1v) is 8.67. The summed E-state index contributed by atoms with van der Waals surface area (Å²) in [5.74, 6) is -0.691. The van der Waals surface area contributed by atoms with Crippen LogP contribution in [0.5, 0.6) is 0 Å². The van der Waals surface area contributed by atoms with Gasteiger partial charge >= 0.3 is 6.03 Å². The molecular weight excluding hydrogens is 347 g/mol. The van der Waals surface area contributed by atoms with Gasteiger partial charge in [-0.1, -0.05) is 0 Å². The summed E-state index contributed by atoms with van der Waals surface area (Å²) in [5, 5.41) is 9.72. The first-order chi connectivity index (χ1) is 12.1. The topological polar surface area (TPSA) is 92.4 Å². The number of benzene rings is 1. The summed E-state index contributed by atoms with van der Waals surface area (Å²) in [5.41, 5.74) is 0.685. The lowest BCUT2D eigenvalue weighted by Crippen LogP contribution is -2.32. The number of carbonyl (C=O) groups is 2. The Hall–Kier alpha value is -2.52. The van der Waals surface area contributed by atoms with Gasteiger partial charge in [0.1, 0.15) is 11.5 Å². The van der Waals surface area contributed by atoms with Gasteiger partial charge in [-0.05, 0) is 37.1 Å². The maximum absolute atomic E-state index is 12.8. The van der Waals surface area contributed by atoms with E-state index in [1.165, 1.54) is 24.3 Å². The zero-order valence-electron chi connectivity index (χ0n) is 13.3. The van der Waals surface area contributed by atoms with E-state index in [-0.39, 0.29) is 23.5 Å². The van der Waals surface area contributed by atoms with E-state index in [1.807, 2.05) is 0 Å². The minimum absolute atomic E-state index is 0.0571. The van der Waals surface area contributed by atoms with Crippen molar-refractivity contribution in [1.82, 2.24) is 10.3 Å². The summed E-state index contributed by atoms with van der Waals surface area (Å²) in [6.07, 6.45) is 2.00. The monoisotopic (exact) mass is 364 g/mol. The highest BCUT2D eigenvalue weighted by Crippen LogP contribution is 2.17. The van der Waals surface area contributed by atoms with E-state index < -0.39 is 6.03 Å². The molecule has 1 fully saturated rings. The number of aromatic nitrogens is 1. The Labute approximate surface area is 147 Å². The molecule has 3 amide bonds. The van der Waals surface area contributed by atoms with Gasteiger partial charge in [0.05, 0.1) is 6.10 Å². The van der Waals surface area contributed by atoms with E-state index in [4.69, 9.17) is 4.74 Å². The fourth-order valence-corrected chi connectivity index (χ4v) is 3.02. The van der Waals surface area contributed by atoms with Gasteiger partial charge in [0, 0.05) is 24.2 Å². The Bertz CT molecular complexity index is 744. The fourth-order valence-electron chi connectivity index (χ4n) is 2.33. The maximum atomic E-state index is 12.8. The van der Waals surface area contributed by atoms with E-state index in [2.05, 4.69) is 20.9 Å². The second kappa shape index (κ2) is 8.04. The van der Waals surface area contributed by atoms with E-state index in [1.54, 1.807) is 5.38 Å². The Morgan fingerprint density at radius 3 is 2.80 bits per heavy atom. The van der Waals surface area contributed by atoms with Crippen LogP contribution in [0.25, 0.3) is 0 Å². The van der Waals surface area contributed by atoms with Crippen LogP contribution in [0.1, 0.15) is 23.3 Å². The van der Waals surface area contributed by atoms with Gasteiger partial charge in [-0.15, -0.1) is 11.3 Å². The summed E-state index contributed by atoms with van der Waals surface area (Å²) in [4.78, 5) is 28.0. The fraction of sp³-hybridized carbons (Fsp3) is 0.312. The first-order valence-electron chi connectivity index (χ1n) is 7.79. The minimum Gasteiger partial charge on any atom is -0.376 e. The molecule has 132 valence electrons. The molecule has 0 unspecified atom stereocenters. The first kappa shape index (κ1) is 17.3. The molecule has 1 saturated heterocycles. The lowest BCUT2D eigenvalue weighted by atomic mass is 10.2. The molecule has 0 aliphatic carbocycles. The number of hydrogen-bond acceptors (Lipinski definition) is 5. The molecule has 2 heterocycles. The largest absolute Gasteiger partial charge is 0.376 e. The number of rotatable bonds is 5. The van der Waals surface area contributed by atoms with Crippen molar-refractivity contribution in [1.29, 1.82) is 0 Å². The van der Waals surface area contributed by atoms with Crippen molar-refractivity contribution in [3.8, 4) is 0 Å². The highest BCUT2D eigenvalue weighted by Gasteiger charge is 2.18. The van der Waals surface area contributed by atoms with Crippen molar-refractivity contribution < 1.29 is 18.7 Å². The van der Waals surface area contributed by atoms with Crippen molar-refractivity contribution >= 4 is 34.1 Å². The van der Waals surface area contributed by atoms with Crippen molar-refractivity contribution in [2.75, 3.05) is 23.8 Å². The van der Waals surface area contributed by atoms with Crippen LogP contribution in [-0.4, -0.2) is 36.2 Å². The van der Waals surface area contributed by atoms with Crippen LogP contribution in [0.15, 0.2) is 29.6 Å². The van der Waals surface area contributed by atoms with Crippen LogP contribution < -0.4 is 16.0 Å². The molecule has 1 aliphatic heterocycles. The van der Waals surface area contributed by atoms with Crippen LogP contribution in [0.3, 0.4) is 0 Å². The van der Waals surface area contributed by atoms with Crippen molar-refractivity contribution in [2.45, 2.75) is 18.9 Å². The van der Waals surface area contributed by atoms with Gasteiger partial charge in [0.2, 0.25) is 0 Å². The van der Waals surface area contributed by atoms with Gasteiger partial charge in [-0.3, -0.25) is 10.1 Å². The molecular formula is C16H17FN4O3S. The van der Waals surface area contributed by atoms with Gasteiger partial charge < -0.3 is 15.4 Å². The Morgan fingerprint density at radius 1 is 1.28 bits per heavy atom. The second-order valence-electron chi connectivity index (χ2n) is 5.47. The number of ether oxygens (including phenoxy) is 1. The quantitative estimate of drug-likeness (QED) is 0.761. The normalized spacial score (nSPS) is 16.4. The van der Waals surface area contributed by atoms with Gasteiger partial charge in [0.15, 0.2) is 5.13 Å². The highest BCUT2D eigenvalue weighted by molar-refractivity contribution is 7.14. The van der Waals surface area contributed by atoms with Gasteiger partial charge in [0.25, 0.3) is 5.91 Å². The molecule has 2 aromatic rings. The third kappa shape index (κ3) is 4.97. The number of halogens is 1. The van der Waals surface area contributed by atoms with E-state index in [0.717, 1.165) is 30.8 Å². The van der Waals surface area contributed by atoms with Gasteiger partial charge in [-0.2, -0.15) is 0 Å². The summed E-state index contributed by atoms with van der Waals surface area (Å²) in [6, 6.07) is 4.86. The summed E-state index contributed by atoms with van der Waals surface area (Å²) < 4.78 is 18.3. The number of hydrogen-bond donors (Lipinski definition) is 3. The second-order valence-corrected chi connectivity index (χ2v) is 6.33. The number of urea groups is 1. The van der Waals surface area contributed by atoms with Crippen LogP contribution >= 0.6 is 11.3 Å². The average molecular weight is 364 g/mol. The number of carbonyl (C=O) groups excluding carboxylic acids is 2. The third-order valence-corrected chi connectivity index (χ3v) is 4.33. The molecule has 1 aromatic heterocycles. The predicted octanol–water partition coefficient (Wildman–Crippen LogP) is 2.84. The Balaban J connectivity index is 1.49. The molecule has 1 atom stereocenters. The maximum Gasteiger partial charge on any atom is 0.325 e. The summed E-state index contributed by atoms with van der Waals surface area (Å²) in [6.45, 7) is 1.18. The number of amides is 3. The zero-order chi connectivity index (χ0) is 17.6. The van der Waals surface area contributed by atoms with E-state index in [9.17, 15) is 14.0 Å². The lowest BCUT2D eigenvalue weighted by molar-refractivity contribution is 0.0854. The number of nitrogens with one attached hydrogen (secondary N) is 3. The lowest BCUT2D eigenvalue weighted by Gasteiger charge is -2.09. The predicted molar refractivity (Wildman–Crippen MR) is 92.5 cm³/mol. The molecule has 1 aliphatic rings. The molecule has 3 rings (SSSR count). The van der Waals surface area contributed by atoms with Crippen LogP contribution in [-0.2, 0) is 4.74 Å². The molecule has 0 bridgehead atoms. The molecule has 3 N–H and O–H groups in total. The average Bonchev–Trinajstić information content (AvgIpc) is 3.26. The van der Waals surface area contributed by atoms with Crippen molar-refractivity contribution in [2.24, 2.45) is 0 Å². The number of nitrogens with zero attached hydrogens (tertiary/aromatic N) is 1. The standard InChI is InChI=1S/C16H17FN4O3S/c17-10-3-5-11(6-4-10)19-15(23)21-16-20-13(9-25-16)14(22)18-8-12-2-1-7-24-12/h3-6,9,12H,1-2,7-8H2,(H,18,22)(H2,19,20,21,23)/t12-/m1/s1. The van der Waals surface area contributed by atoms with Gasteiger partial charge in [-0.25, -0.2) is 14.2 Å². The third-order valence-electron chi connectivity index (χ3n) is 3.57. The number of thiazole rings is 1. The zero-order valence-corrected chi connectivity index (χ0v) is 14.1. The molecule has 9 heteroatoms. The van der Waals surface area contributed by atoms with Crippen LogP contribution in [0.2, 0.25) is 0 Å². The summed E-state index contributed by atoms with van der Waals surface area (Å²) >= 11 is 1.14. The van der Waals surface area contributed by atoms with E-state index in [0.29, 0.717) is 17.4 Å². The van der Waals surface area contributed by atoms with Crippen LogP contribution in [0, 0.1) is 5.82 Å². The van der Waals surface area contributed by atoms with Crippen molar-refractivity contribution in [3.05, 3.63) is 41.2 Å². The smallest absolute Gasteiger partial charge is 0.325 e. The SMILES string of the molecule is O=C(Nc1ccc(F)cc1)Nc1nc(C(=O)NC[C@H]2CCCO2)cs1. The molecule has 0 saturated carbocycles. The molecule has 25 heavy (non-hydrogen) atoms. The molecule has 0 spiro atoms. The summed E-state index contributed by atoms with van der Waals surface area (Å²) in [7, 11) is 0. The Morgan fingerprint density at radius 2 is 2.08 bits per heavy atom. The minimum atomic E-state index is -0.521. The Kier molecular flexibility index (Phi) is 5.56.